The molecule has 0 N–H and O–H groups in total. The third-order valence-corrected chi connectivity index (χ3v) is 3.94. The highest BCUT2D eigenvalue weighted by Gasteiger charge is 2.15. The maximum Gasteiger partial charge on any atom is 0.0256 e. The molecule has 0 nitrogen and oxygen atoms in total. The molecule has 0 aliphatic heterocycles. The molecule has 0 spiro atoms. The highest BCUT2D eigenvalue weighted by molar-refractivity contribution is 9.10. The predicted octanol–water partition coefficient (Wildman–Crippen LogP) is 4.60. The van der Waals surface area contributed by atoms with Crippen molar-refractivity contribution >= 4 is 15.9 Å². The first-order valence-corrected chi connectivity index (χ1v) is 6.51. The van der Waals surface area contributed by atoms with Gasteiger partial charge in [-0.3, -0.25) is 0 Å². The van der Waals surface area contributed by atoms with Crippen LogP contribution in [0.15, 0.2) is 46.9 Å². The summed E-state index contributed by atoms with van der Waals surface area (Å²) in [7, 11) is 0. The van der Waals surface area contributed by atoms with Crippen LogP contribution in [0.3, 0.4) is 0 Å². The number of benzene rings is 2. The Balaban J connectivity index is 2.32. The minimum absolute atomic E-state index is 1.18. The van der Waals surface area contributed by atoms with E-state index in [9.17, 15) is 0 Å². The maximum atomic E-state index is 3.69. The van der Waals surface area contributed by atoms with E-state index in [1.165, 1.54) is 46.0 Å². The monoisotopic (exact) mass is 272 g/mol. The highest BCUT2D eigenvalue weighted by atomic mass is 79.9. The summed E-state index contributed by atoms with van der Waals surface area (Å²) in [4.78, 5) is 0. The van der Waals surface area contributed by atoms with E-state index in [1.807, 2.05) is 0 Å². The third-order valence-electron chi connectivity index (χ3n) is 3.28. The van der Waals surface area contributed by atoms with Gasteiger partial charge in [-0.15, -0.1) is 0 Å². The summed E-state index contributed by atoms with van der Waals surface area (Å²) in [6, 6.07) is 15.3. The second-order valence-electron chi connectivity index (χ2n) is 4.28. The zero-order valence-electron chi connectivity index (χ0n) is 9.04. The van der Waals surface area contributed by atoms with Gasteiger partial charge < -0.3 is 0 Å². The zero-order valence-corrected chi connectivity index (χ0v) is 10.6. The number of hydrogen-bond acceptors (Lipinski definition) is 0. The molecule has 2 aromatic carbocycles. The summed E-state index contributed by atoms with van der Waals surface area (Å²) in [5.41, 5.74) is 5.76. The molecule has 0 amide bonds. The largest absolute Gasteiger partial charge is 0.0620 e. The fourth-order valence-electron chi connectivity index (χ4n) is 2.53. The van der Waals surface area contributed by atoms with Crippen LogP contribution in [-0.2, 0) is 12.8 Å². The fourth-order valence-corrected chi connectivity index (χ4v) is 3.15. The first-order valence-electron chi connectivity index (χ1n) is 5.72. The summed E-state index contributed by atoms with van der Waals surface area (Å²) in [5, 5.41) is 0. The average molecular weight is 273 g/mol. The van der Waals surface area contributed by atoms with E-state index in [1.54, 1.807) is 0 Å². The maximum absolute atomic E-state index is 3.69. The number of fused-ring (bicyclic) bond motifs is 3. The summed E-state index contributed by atoms with van der Waals surface area (Å²) >= 11 is 3.69. The van der Waals surface area contributed by atoms with Gasteiger partial charge in [0.05, 0.1) is 0 Å². The van der Waals surface area contributed by atoms with Gasteiger partial charge in [0.15, 0.2) is 0 Å². The smallest absolute Gasteiger partial charge is 0.0256 e. The minimum Gasteiger partial charge on any atom is -0.0620 e. The van der Waals surface area contributed by atoms with Crippen LogP contribution in [0.2, 0.25) is 0 Å². The predicted molar refractivity (Wildman–Crippen MR) is 71.6 cm³/mol. The van der Waals surface area contributed by atoms with E-state index >= 15 is 0 Å². The molecule has 0 aromatic heterocycles. The lowest BCUT2D eigenvalue weighted by molar-refractivity contribution is 0.834. The molecule has 2 aromatic rings. The topological polar surface area (TPSA) is 0 Å². The number of rotatable bonds is 0. The molecule has 0 saturated carbocycles. The Hall–Kier alpha value is -1.08. The molecule has 3 rings (SSSR count). The summed E-state index contributed by atoms with van der Waals surface area (Å²) in [6.07, 6.45) is 3.63. The van der Waals surface area contributed by atoms with Gasteiger partial charge in [0.25, 0.3) is 0 Å². The number of hydrogen-bond donors (Lipinski definition) is 0. The molecule has 0 bridgehead atoms. The molecule has 0 unspecified atom stereocenters. The third kappa shape index (κ3) is 1.60. The first-order chi connectivity index (χ1) is 7.86. The second kappa shape index (κ2) is 4.06. The van der Waals surface area contributed by atoms with Crippen molar-refractivity contribution in [3.05, 3.63) is 58.1 Å². The molecule has 1 heteroatoms. The minimum atomic E-state index is 1.18. The van der Waals surface area contributed by atoms with E-state index in [2.05, 4.69) is 58.4 Å². The second-order valence-corrected chi connectivity index (χ2v) is 5.14. The summed E-state index contributed by atoms with van der Waals surface area (Å²) in [5.74, 6) is 0. The quantitative estimate of drug-likeness (QED) is 0.657. The molecule has 0 atom stereocenters. The van der Waals surface area contributed by atoms with Crippen LogP contribution in [0.4, 0.5) is 0 Å². The molecule has 0 heterocycles. The zero-order chi connectivity index (χ0) is 11.0. The summed E-state index contributed by atoms with van der Waals surface area (Å²) < 4.78 is 1.22. The van der Waals surface area contributed by atoms with Crippen molar-refractivity contribution in [2.24, 2.45) is 0 Å². The fraction of sp³-hybridized carbons (Fsp3) is 0.200. The van der Waals surface area contributed by atoms with Crippen LogP contribution in [0.1, 0.15) is 17.5 Å². The van der Waals surface area contributed by atoms with Crippen LogP contribution in [0.25, 0.3) is 11.1 Å². The van der Waals surface area contributed by atoms with Crippen molar-refractivity contribution in [1.29, 1.82) is 0 Å². The Morgan fingerprint density at radius 1 is 0.812 bits per heavy atom. The molecule has 0 fully saturated rings. The Kier molecular flexibility index (Phi) is 2.56. The van der Waals surface area contributed by atoms with Gasteiger partial charge >= 0.3 is 0 Å². The van der Waals surface area contributed by atoms with Gasteiger partial charge in [0.2, 0.25) is 0 Å². The lowest BCUT2D eigenvalue weighted by atomic mass is 9.97. The van der Waals surface area contributed by atoms with Gasteiger partial charge in [-0.25, -0.2) is 0 Å². The van der Waals surface area contributed by atoms with E-state index in [4.69, 9.17) is 0 Å². The van der Waals surface area contributed by atoms with Crippen LogP contribution in [-0.4, -0.2) is 0 Å². The van der Waals surface area contributed by atoms with Crippen molar-refractivity contribution in [2.45, 2.75) is 19.3 Å². The van der Waals surface area contributed by atoms with Crippen molar-refractivity contribution in [3.8, 4) is 11.1 Å². The molecule has 0 radical (unpaired) electrons. The Morgan fingerprint density at radius 3 is 2.50 bits per heavy atom. The van der Waals surface area contributed by atoms with Gasteiger partial charge in [-0.05, 0) is 47.6 Å². The first kappa shape index (κ1) is 10.1. The van der Waals surface area contributed by atoms with Gasteiger partial charge in [0.1, 0.15) is 0 Å². The van der Waals surface area contributed by atoms with E-state index in [0.29, 0.717) is 0 Å². The highest BCUT2D eigenvalue weighted by Crippen LogP contribution is 2.37. The SMILES string of the molecule is Brc1cccc2c1-c1ccccc1CCC2. The van der Waals surface area contributed by atoms with Crippen LogP contribution in [0, 0.1) is 0 Å². The van der Waals surface area contributed by atoms with Crippen LogP contribution >= 0.6 is 15.9 Å². The van der Waals surface area contributed by atoms with Crippen molar-refractivity contribution < 1.29 is 0 Å². The van der Waals surface area contributed by atoms with Gasteiger partial charge in [-0.1, -0.05) is 52.3 Å². The lowest BCUT2D eigenvalue weighted by Gasteiger charge is -2.10. The molecule has 1 aliphatic carbocycles. The molecular weight excluding hydrogens is 260 g/mol. The van der Waals surface area contributed by atoms with E-state index in [-0.39, 0.29) is 0 Å². The molecule has 16 heavy (non-hydrogen) atoms. The van der Waals surface area contributed by atoms with Crippen molar-refractivity contribution in [3.63, 3.8) is 0 Å². The van der Waals surface area contributed by atoms with Gasteiger partial charge in [0, 0.05) is 4.47 Å². The van der Waals surface area contributed by atoms with Crippen molar-refractivity contribution in [2.75, 3.05) is 0 Å². The Bertz CT molecular complexity index is 529. The average Bonchev–Trinajstić information content (AvgIpc) is 2.49. The number of aryl methyl sites for hydroxylation is 2. The van der Waals surface area contributed by atoms with E-state index in [0.717, 1.165) is 0 Å². The van der Waals surface area contributed by atoms with Gasteiger partial charge in [-0.2, -0.15) is 0 Å². The normalized spacial score (nSPS) is 13.8. The Labute approximate surface area is 104 Å². The standard InChI is InChI=1S/C15H13Br/c16-14-10-4-8-12-7-3-6-11-5-1-2-9-13(11)15(12)14/h1-2,4-5,8-10H,3,6-7H2. The van der Waals surface area contributed by atoms with Crippen LogP contribution < -0.4 is 0 Å². The Morgan fingerprint density at radius 2 is 1.56 bits per heavy atom. The lowest BCUT2D eigenvalue weighted by Crippen LogP contribution is -1.88. The van der Waals surface area contributed by atoms with Crippen molar-refractivity contribution in [1.82, 2.24) is 0 Å². The van der Waals surface area contributed by atoms with E-state index < -0.39 is 0 Å². The molecule has 1 aliphatic rings. The molecule has 80 valence electrons. The number of halogens is 1. The summed E-state index contributed by atoms with van der Waals surface area (Å²) in [6.45, 7) is 0. The van der Waals surface area contributed by atoms with Crippen LogP contribution in [0.5, 0.6) is 0 Å². The molecule has 0 saturated heterocycles. The molecular formula is C15H13Br.